The van der Waals surface area contributed by atoms with Gasteiger partial charge in [-0.15, -0.1) is 0 Å². The molecule has 0 bridgehead atoms. The highest BCUT2D eigenvalue weighted by Crippen LogP contribution is 2.19. The number of nitrogens with zero attached hydrogens (tertiary/aromatic N) is 4. The molecule has 0 atom stereocenters. The molecule has 2 saturated heterocycles. The molecule has 0 N–H and O–H groups in total. The van der Waals surface area contributed by atoms with Crippen molar-refractivity contribution in [3.8, 4) is 0 Å². The van der Waals surface area contributed by atoms with Crippen molar-refractivity contribution in [3.05, 3.63) is 35.9 Å². The zero-order valence-electron chi connectivity index (χ0n) is 14.9. The number of ether oxygens (including phenoxy) is 1. The molecular formula is C19H24N4O3. The summed E-state index contributed by atoms with van der Waals surface area (Å²) in [5, 5.41) is 0. The minimum absolute atomic E-state index is 0.0888. The Morgan fingerprint density at radius 3 is 2.31 bits per heavy atom. The van der Waals surface area contributed by atoms with Crippen LogP contribution in [0, 0.1) is 0 Å². The molecule has 2 aliphatic heterocycles. The molecule has 2 aliphatic rings. The fourth-order valence-corrected chi connectivity index (χ4v) is 3.68. The summed E-state index contributed by atoms with van der Waals surface area (Å²) in [5.41, 5.74) is 1.04. The van der Waals surface area contributed by atoms with Gasteiger partial charge in [0.25, 0.3) is 11.8 Å². The summed E-state index contributed by atoms with van der Waals surface area (Å²) in [6, 6.07) is 5.57. The monoisotopic (exact) mass is 356 g/mol. The number of amides is 2. The molecule has 0 unspecified atom stereocenters. The Labute approximate surface area is 152 Å². The Morgan fingerprint density at radius 2 is 1.58 bits per heavy atom. The largest absolute Gasteiger partial charge is 0.378 e. The first kappa shape index (κ1) is 17.0. The van der Waals surface area contributed by atoms with Crippen LogP contribution in [-0.4, -0.2) is 70.4 Å². The van der Waals surface area contributed by atoms with Gasteiger partial charge in [0.15, 0.2) is 5.69 Å². The normalized spacial score (nSPS) is 18.8. The van der Waals surface area contributed by atoms with Crippen LogP contribution in [0.2, 0.25) is 0 Å². The smallest absolute Gasteiger partial charge is 0.290 e. The molecule has 0 aliphatic carbocycles. The van der Waals surface area contributed by atoms with Crippen LogP contribution in [0.5, 0.6) is 0 Å². The summed E-state index contributed by atoms with van der Waals surface area (Å²) in [6.45, 7) is 3.70. The van der Waals surface area contributed by atoms with Crippen molar-refractivity contribution in [2.24, 2.45) is 0 Å². The van der Waals surface area contributed by atoms with Gasteiger partial charge in [0.05, 0.1) is 18.7 Å². The molecule has 2 fully saturated rings. The van der Waals surface area contributed by atoms with Gasteiger partial charge in [-0.2, -0.15) is 0 Å². The Morgan fingerprint density at radius 1 is 0.885 bits per heavy atom. The van der Waals surface area contributed by atoms with E-state index < -0.39 is 0 Å². The van der Waals surface area contributed by atoms with Gasteiger partial charge in [-0.3, -0.25) is 14.0 Å². The fourth-order valence-electron chi connectivity index (χ4n) is 3.68. The highest BCUT2D eigenvalue weighted by atomic mass is 16.5. The molecular weight excluding hydrogens is 332 g/mol. The van der Waals surface area contributed by atoms with Gasteiger partial charge in [0.1, 0.15) is 0 Å². The lowest BCUT2D eigenvalue weighted by Gasteiger charge is -2.26. The Balaban J connectivity index is 1.69. The van der Waals surface area contributed by atoms with E-state index in [0.717, 1.165) is 38.8 Å². The van der Waals surface area contributed by atoms with Crippen LogP contribution in [0.3, 0.4) is 0 Å². The van der Waals surface area contributed by atoms with Crippen LogP contribution < -0.4 is 0 Å². The van der Waals surface area contributed by atoms with E-state index in [1.807, 2.05) is 29.3 Å². The van der Waals surface area contributed by atoms with Gasteiger partial charge in [-0.05, 0) is 25.0 Å². The van der Waals surface area contributed by atoms with Crippen LogP contribution in [0.25, 0.3) is 5.52 Å². The Bertz CT molecular complexity index is 802. The number of likely N-dealkylation sites (tertiary alicyclic amines) is 1. The second-order valence-corrected chi connectivity index (χ2v) is 6.85. The lowest BCUT2D eigenvalue weighted by Crippen LogP contribution is -2.41. The first-order valence-corrected chi connectivity index (χ1v) is 9.39. The van der Waals surface area contributed by atoms with Crippen LogP contribution in [-0.2, 0) is 4.74 Å². The van der Waals surface area contributed by atoms with Crippen molar-refractivity contribution in [2.45, 2.75) is 25.7 Å². The van der Waals surface area contributed by atoms with Crippen LogP contribution in [0.4, 0.5) is 0 Å². The SMILES string of the molecule is O=C(c1nc(C(=O)N2CCCCCC2)n2ccccc12)N1CCOCC1. The fraction of sp³-hybridized carbons (Fsp3) is 0.526. The number of rotatable bonds is 2. The summed E-state index contributed by atoms with van der Waals surface area (Å²) in [6.07, 6.45) is 6.17. The lowest BCUT2D eigenvalue weighted by atomic mass is 10.2. The molecule has 4 rings (SSSR count). The molecule has 0 spiro atoms. The first-order chi connectivity index (χ1) is 12.8. The predicted octanol–water partition coefficient (Wildman–Crippen LogP) is 1.82. The minimum Gasteiger partial charge on any atom is -0.378 e. The second-order valence-electron chi connectivity index (χ2n) is 6.85. The van der Waals surface area contributed by atoms with Gasteiger partial charge in [0.2, 0.25) is 5.82 Å². The van der Waals surface area contributed by atoms with Crippen LogP contribution >= 0.6 is 0 Å². The van der Waals surface area contributed by atoms with Crippen molar-refractivity contribution in [1.29, 1.82) is 0 Å². The topological polar surface area (TPSA) is 67.2 Å². The predicted molar refractivity (Wildman–Crippen MR) is 96.3 cm³/mol. The highest BCUT2D eigenvalue weighted by molar-refractivity contribution is 6.02. The summed E-state index contributed by atoms with van der Waals surface area (Å²) in [7, 11) is 0. The van der Waals surface area contributed by atoms with Gasteiger partial charge in [0, 0.05) is 32.4 Å². The molecule has 2 amide bonds. The maximum absolute atomic E-state index is 13.1. The number of fused-ring (bicyclic) bond motifs is 1. The van der Waals surface area contributed by atoms with E-state index in [4.69, 9.17) is 4.74 Å². The van der Waals surface area contributed by atoms with E-state index in [2.05, 4.69) is 4.98 Å². The van der Waals surface area contributed by atoms with E-state index >= 15 is 0 Å². The number of hydrogen-bond acceptors (Lipinski definition) is 4. The van der Waals surface area contributed by atoms with Gasteiger partial charge in [-0.1, -0.05) is 18.9 Å². The number of carbonyl (C=O) groups is 2. The number of hydrogen-bond donors (Lipinski definition) is 0. The average Bonchev–Trinajstić information content (AvgIpc) is 2.87. The zero-order valence-corrected chi connectivity index (χ0v) is 14.9. The number of pyridine rings is 1. The van der Waals surface area contributed by atoms with Gasteiger partial charge < -0.3 is 14.5 Å². The summed E-state index contributed by atoms with van der Waals surface area (Å²) in [4.78, 5) is 34.2. The van der Waals surface area contributed by atoms with E-state index in [0.29, 0.717) is 43.3 Å². The molecule has 7 nitrogen and oxygen atoms in total. The molecule has 0 aromatic carbocycles. The molecule has 4 heterocycles. The molecule has 0 saturated carbocycles. The van der Waals surface area contributed by atoms with Gasteiger partial charge >= 0.3 is 0 Å². The van der Waals surface area contributed by atoms with E-state index in [1.54, 1.807) is 9.30 Å². The van der Waals surface area contributed by atoms with Crippen molar-refractivity contribution >= 4 is 17.3 Å². The van der Waals surface area contributed by atoms with E-state index in [-0.39, 0.29) is 11.8 Å². The van der Waals surface area contributed by atoms with Crippen molar-refractivity contribution in [2.75, 3.05) is 39.4 Å². The summed E-state index contributed by atoms with van der Waals surface area (Å²) >= 11 is 0. The second kappa shape index (κ2) is 7.45. The standard InChI is InChI=1S/C19H24N4O3/c24-18(22-11-13-26-14-12-22)16-15-7-3-6-10-23(15)17(20-16)19(25)21-8-4-1-2-5-9-21/h3,6-7,10H,1-2,4-5,8-9,11-14H2. The van der Waals surface area contributed by atoms with Crippen molar-refractivity contribution in [1.82, 2.24) is 19.2 Å². The summed E-state index contributed by atoms with van der Waals surface area (Å²) < 4.78 is 7.08. The van der Waals surface area contributed by atoms with Crippen molar-refractivity contribution < 1.29 is 14.3 Å². The maximum Gasteiger partial charge on any atom is 0.290 e. The van der Waals surface area contributed by atoms with Crippen molar-refractivity contribution in [3.63, 3.8) is 0 Å². The molecule has 0 radical (unpaired) electrons. The Kier molecular flexibility index (Phi) is 4.88. The molecule has 2 aromatic rings. The Hall–Kier alpha value is -2.41. The number of morpholine rings is 1. The minimum atomic E-state index is -0.132. The molecule has 2 aromatic heterocycles. The third kappa shape index (κ3) is 3.19. The quantitative estimate of drug-likeness (QED) is 0.823. The van der Waals surface area contributed by atoms with E-state index in [9.17, 15) is 9.59 Å². The van der Waals surface area contributed by atoms with Gasteiger partial charge in [-0.25, -0.2) is 4.98 Å². The van der Waals surface area contributed by atoms with E-state index in [1.165, 1.54) is 0 Å². The molecule has 26 heavy (non-hydrogen) atoms. The highest BCUT2D eigenvalue weighted by Gasteiger charge is 2.28. The third-order valence-corrected chi connectivity index (χ3v) is 5.13. The first-order valence-electron chi connectivity index (χ1n) is 9.39. The number of carbonyl (C=O) groups excluding carboxylic acids is 2. The van der Waals surface area contributed by atoms with Crippen LogP contribution in [0.1, 0.15) is 46.8 Å². The number of aromatic nitrogens is 2. The molecule has 138 valence electrons. The third-order valence-electron chi connectivity index (χ3n) is 5.13. The summed E-state index contributed by atoms with van der Waals surface area (Å²) in [5.74, 6) is 0.111. The maximum atomic E-state index is 13.1. The zero-order chi connectivity index (χ0) is 17.9. The molecule has 7 heteroatoms. The van der Waals surface area contributed by atoms with Crippen LogP contribution in [0.15, 0.2) is 24.4 Å². The number of imidazole rings is 1. The lowest BCUT2D eigenvalue weighted by molar-refractivity contribution is 0.0300. The average molecular weight is 356 g/mol.